The lowest BCUT2D eigenvalue weighted by atomic mass is 10.2. The Labute approximate surface area is 104 Å². The first-order valence-electron chi connectivity index (χ1n) is 5.31. The second-order valence-electron chi connectivity index (χ2n) is 4.14. The van der Waals surface area contributed by atoms with Crippen molar-refractivity contribution in [3.63, 3.8) is 0 Å². The van der Waals surface area contributed by atoms with Crippen LogP contribution in [-0.2, 0) is 11.3 Å². The van der Waals surface area contributed by atoms with Crippen molar-refractivity contribution in [2.75, 3.05) is 6.54 Å². The highest BCUT2D eigenvalue weighted by molar-refractivity contribution is 6.31. The zero-order valence-electron chi connectivity index (χ0n) is 9.08. The molecular formula is C11H13ClN2O3. The van der Waals surface area contributed by atoms with Gasteiger partial charge in [-0.15, -0.1) is 0 Å². The zero-order valence-corrected chi connectivity index (χ0v) is 9.84. The fraction of sp³-hybridized carbons (Fsp3) is 0.455. The van der Waals surface area contributed by atoms with Crippen LogP contribution >= 0.6 is 11.6 Å². The van der Waals surface area contributed by atoms with Crippen LogP contribution in [0.1, 0.15) is 12.0 Å². The average molecular weight is 257 g/mol. The summed E-state index contributed by atoms with van der Waals surface area (Å²) < 4.78 is 0. The van der Waals surface area contributed by atoms with Crippen molar-refractivity contribution < 1.29 is 15.0 Å². The van der Waals surface area contributed by atoms with E-state index in [1.807, 2.05) is 0 Å². The Kier molecular flexibility index (Phi) is 3.61. The van der Waals surface area contributed by atoms with Gasteiger partial charge in [0.05, 0.1) is 11.1 Å². The van der Waals surface area contributed by atoms with Crippen LogP contribution in [0.3, 0.4) is 0 Å². The Morgan fingerprint density at radius 2 is 2.41 bits per heavy atom. The van der Waals surface area contributed by atoms with Crippen LogP contribution < -0.4 is 0 Å². The number of aromatic nitrogens is 1. The fourth-order valence-electron chi connectivity index (χ4n) is 2.06. The Hall–Kier alpha value is -1.17. The van der Waals surface area contributed by atoms with Crippen LogP contribution in [0, 0.1) is 0 Å². The predicted molar refractivity (Wildman–Crippen MR) is 61.7 cm³/mol. The molecule has 2 heterocycles. The maximum absolute atomic E-state index is 11.0. The van der Waals surface area contributed by atoms with E-state index in [1.165, 1.54) is 6.20 Å². The van der Waals surface area contributed by atoms with E-state index in [1.54, 1.807) is 17.2 Å². The standard InChI is InChI=1S/C11H13ClN2O3/c12-9-4-13-2-1-7(9)5-14-6-8(15)3-10(14)11(16)17/h1-2,4,8,10,15H,3,5-6H2,(H,16,17). The smallest absolute Gasteiger partial charge is 0.321 e. The summed E-state index contributed by atoms with van der Waals surface area (Å²) in [6.45, 7) is 0.769. The number of aliphatic hydroxyl groups excluding tert-OH is 1. The highest BCUT2D eigenvalue weighted by Crippen LogP contribution is 2.23. The molecule has 1 saturated heterocycles. The summed E-state index contributed by atoms with van der Waals surface area (Å²) in [7, 11) is 0. The third kappa shape index (κ3) is 2.74. The van der Waals surface area contributed by atoms with Gasteiger partial charge in [-0.25, -0.2) is 0 Å². The molecule has 92 valence electrons. The average Bonchev–Trinajstić information content (AvgIpc) is 2.63. The van der Waals surface area contributed by atoms with E-state index >= 15 is 0 Å². The highest BCUT2D eigenvalue weighted by Gasteiger charge is 2.35. The Balaban J connectivity index is 2.13. The van der Waals surface area contributed by atoms with E-state index < -0.39 is 18.1 Å². The quantitative estimate of drug-likeness (QED) is 0.835. The molecule has 1 aromatic heterocycles. The number of likely N-dealkylation sites (tertiary alicyclic amines) is 1. The molecule has 0 bridgehead atoms. The lowest BCUT2D eigenvalue weighted by Crippen LogP contribution is -2.35. The van der Waals surface area contributed by atoms with E-state index in [-0.39, 0.29) is 6.42 Å². The Morgan fingerprint density at radius 1 is 1.65 bits per heavy atom. The lowest BCUT2D eigenvalue weighted by Gasteiger charge is -2.21. The summed E-state index contributed by atoms with van der Waals surface area (Å²) in [5.74, 6) is -0.910. The lowest BCUT2D eigenvalue weighted by molar-refractivity contribution is -0.142. The molecule has 2 unspecified atom stereocenters. The first-order chi connectivity index (χ1) is 8.08. The molecule has 2 N–H and O–H groups in total. The number of aliphatic hydroxyl groups is 1. The van der Waals surface area contributed by atoms with Gasteiger partial charge in [-0.3, -0.25) is 14.7 Å². The monoisotopic (exact) mass is 256 g/mol. The number of rotatable bonds is 3. The van der Waals surface area contributed by atoms with Crippen molar-refractivity contribution in [2.24, 2.45) is 0 Å². The van der Waals surface area contributed by atoms with Crippen molar-refractivity contribution in [1.29, 1.82) is 0 Å². The fourth-order valence-corrected chi connectivity index (χ4v) is 2.24. The number of hydrogen-bond acceptors (Lipinski definition) is 4. The molecule has 1 aromatic rings. The van der Waals surface area contributed by atoms with Crippen LogP contribution in [0.5, 0.6) is 0 Å². The van der Waals surface area contributed by atoms with Gasteiger partial charge in [0.15, 0.2) is 0 Å². The highest BCUT2D eigenvalue weighted by atomic mass is 35.5. The number of carboxylic acids is 1. The van der Waals surface area contributed by atoms with Crippen LogP contribution in [0.15, 0.2) is 18.5 Å². The summed E-state index contributed by atoms with van der Waals surface area (Å²) in [5.41, 5.74) is 0.821. The van der Waals surface area contributed by atoms with Gasteiger partial charge in [-0.2, -0.15) is 0 Å². The summed E-state index contributed by atoms with van der Waals surface area (Å²) in [6.07, 6.45) is 2.82. The minimum atomic E-state index is -0.910. The molecule has 0 aromatic carbocycles. The number of carboxylic acid groups (broad SMARTS) is 1. The molecule has 5 nitrogen and oxygen atoms in total. The number of nitrogens with zero attached hydrogens (tertiary/aromatic N) is 2. The first kappa shape index (κ1) is 12.3. The predicted octanol–water partition coefficient (Wildman–Crippen LogP) is 0.755. The Morgan fingerprint density at radius 3 is 3.06 bits per heavy atom. The maximum atomic E-state index is 11.0. The minimum absolute atomic E-state index is 0.262. The second-order valence-corrected chi connectivity index (χ2v) is 4.55. The number of halogens is 1. The molecule has 1 fully saturated rings. The zero-order chi connectivity index (χ0) is 12.4. The SMILES string of the molecule is O=C(O)C1CC(O)CN1Cc1ccncc1Cl. The van der Waals surface area contributed by atoms with E-state index in [9.17, 15) is 9.90 Å². The molecule has 2 rings (SSSR count). The first-order valence-corrected chi connectivity index (χ1v) is 5.69. The number of β-amino-alcohol motifs (C(OH)–C–C–N with tert-alkyl or cyclic N) is 1. The number of aliphatic carboxylic acids is 1. The molecule has 6 heteroatoms. The van der Waals surface area contributed by atoms with E-state index in [2.05, 4.69) is 4.98 Å². The Bertz CT molecular complexity index is 427. The molecule has 0 saturated carbocycles. The summed E-state index contributed by atoms with van der Waals surface area (Å²) in [4.78, 5) is 16.6. The number of hydrogen-bond donors (Lipinski definition) is 2. The minimum Gasteiger partial charge on any atom is -0.480 e. The largest absolute Gasteiger partial charge is 0.480 e. The normalized spacial score (nSPS) is 25.1. The van der Waals surface area contributed by atoms with Crippen molar-refractivity contribution in [2.45, 2.75) is 25.1 Å². The molecule has 2 atom stereocenters. The van der Waals surface area contributed by atoms with E-state index in [0.29, 0.717) is 18.1 Å². The molecule has 1 aliphatic heterocycles. The van der Waals surface area contributed by atoms with Gasteiger partial charge < -0.3 is 10.2 Å². The number of carbonyl (C=O) groups is 1. The topological polar surface area (TPSA) is 73.7 Å². The van der Waals surface area contributed by atoms with Gasteiger partial charge >= 0.3 is 5.97 Å². The summed E-state index contributed by atoms with van der Waals surface area (Å²) >= 11 is 5.97. The van der Waals surface area contributed by atoms with Crippen molar-refractivity contribution in [1.82, 2.24) is 9.88 Å². The van der Waals surface area contributed by atoms with Gasteiger partial charge in [0.25, 0.3) is 0 Å². The molecular weight excluding hydrogens is 244 g/mol. The van der Waals surface area contributed by atoms with Crippen LogP contribution in [0.25, 0.3) is 0 Å². The van der Waals surface area contributed by atoms with Gasteiger partial charge in [0.2, 0.25) is 0 Å². The van der Waals surface area contributed by atoms with Crippen LogP contribution in [0.4, 0.5) is 0 Å². The molecule has 0 spiro atoms. The second kappa shape index (κ2) is 5.00. The molecule has 0 aliphatic carbocycles. The third-order valence-electron chi connectivity index (χ3n) is 2.90. The summed E-state index contributed by atoms with van der Waals surface area (Å²) in [5, 5.41) is 19.1. The van der Waals surface area contributed by atoms with Gasteiger partial charge in [0, 0.05) is 31.9 Å². The molecule has 0 radical (unpaired) electrons. The van der Waals surface area contributed by atoms with Gasteiger partial charge in [0.1, 0.15) is 6.04 Å². The van der Waals surface area contributed by atoms with E-state index in [0.717, 1.165) is 5.56 Å². The van der Waals surface area contributed by atoms with Gasteiger partial charge in [-0.05, 0) is 11.6 Å². The van der Waals surface area contributed by atoms with Crippen molar-refractivity contribution in [3.05, 3.63) is 29.0 Å². The summed E-state index contributed by atoms with van der Waals surface area (Å²) in [6, 6.07) is 1.11. The molecule has 1 aliphatic rings. The van der Waals surface area contributed by atoms with Crippen molar-refractivity contribution >= 4 is 17.6 Å². The van der Waals surface area contributed by atoms with Gasteiger partial charge in [-0.1, -0.05) is 11.6 Å². The van der Waals surface area contributed by atoms with Crippen molar-refractivity contribution in [3.8, 4) is 0 Å². The van der Waals surface area contributed by atoms with Crippen LogP contribution in [-0.4, -0.2) is 44.8 Å². The van der Waals surface area contributed by atoms with Crippen LogP contribution in [0.2, 0.25) is 5.02 Å². The molecule has 17 heavy (non-hydrogen) atoms. The maximum Gasteiger partial charge on any atom is 0.321 e. The molecule has 0 amide bonds. The van der Waals surface area contributed by atoms with E-state index in [4.69, 9.17) is 16.7 Å². The number of pyridine rings is 1. The third-order valence-corrected chi connectivity index (χ3v) is 3.24.